The molecule has 0 spiro atoms. The number of fused-ring (bicyclic) bond motifs is 1. The van der Waals surface area contributed by atoms with E-state index in [0.29, 0.717) is 24.6 Å². The van der Waals surface area contributed by atoms with Crippen molar-refractivity contribution < 1.29 is 22.5 Å². The van der Waals surface area contributed by atoms with E-state index >= 15 is 0 Å². The van der Waals surface area contributed by atoms with Crippen LogP contribution in [0.2, 0.25) is 0 Å². The lowest BCUT2D eigenvalue weighted by Crippen LogP contribution is -2.43. The highest BCUT2D eigenvalue weighted by molar-refractivity contribution is 5.85. The number of nitrogens with zero attached hydrogens (tertiary/aromatic N) is 4. The molecule has 0 aliphatic carbocycles. The van der Waals surface area contributed by atoms with Crippen molar-refractivity contribution >= 4 is 22.6 Å². The zero-order chi connectivity index (χ0) is 27.8. The first-order valence-electron chi connectivity index (χ1n) is 12.9. The predicted octanol–water partition coefficient (Wildman–Crippen LogP) is 5.83. The molecule has 1 saturated heterocycles. The first-order valence-corrected chi connectivity index (χ1v) is 12.9. The third kappa shape index (κ3) is 6.21. The van der Waals surface area contributed by atoms with Crippen LogP contribution >= 0.6 is 0 Å². The first kappa shape index (κ1) is 26.6. The monoisotopic (exact) mass is 537 g/mol. The number of rotatable bonds is 6. The number of carbonyl (C=O) groups excluding carboxylic acids is 1. The highest BCUT2D eigenvalue weighted by Crippen LogP contribution is 2.29. The number of hydrogen-bond donors (Lipinski definition) is 1. The van der Waals surface area contributed by atoms with E-state index in [4.69, 9.17) is 9.51 Å². The Balaban J connectivity index is 1.22. The summed E-state index contributed by atoms with van der Waals surface area (Å²) in [6.45, 7) is 7.27. The number of aryl methyl sites for hydroxylation is 2. The molecule has 204 valence electrons. The summed E-state index contributed by atoms with van der Waals surface area (Å²) in [6.07, 6.45) is -2.57. The molecule has 0 radical (unpaired) electrons. The molecule has 3 heterocycles. The van der Waals surface area contributed by atoms with Crippen LogP contribution in [0, 0.1) is 5.41 Å². The summed E-state index contributed by atoms with van der Waals surface area (Å²) in [5.74, 6) is 1.78. The Morgan fingerprint density at radius 3 is 2.51 bits per heavy atom. The van der Waals surface area contributed by atoms with Gasteiger partial charge >= 0.3 is 6.18 Å². The zero-order valence-corrected chi connectivity index (χ0v) is 22.0. The van der Waals surface area contributed by atoms with Crippen LogP contribution in [0.4, 0.5) is 19.0 Å². The van der Waals surface area contributed by atoms with Gasteiger partial charge in [-0.2, -0.15) is 18.2 Å². The van der Waals surface area contributed by atoms with Crippen LogP contribution in [0.25, 0.3) is 22.3 Å². The number of pyridine rings is 1. The van der Waals surface area contributed by atoms with Gasteiger partial charge in [0.2, 0.25) is 17.6 Å². The van der Waals surface area contributed by atoms with Crippen LogP contribution in [0.15, 0.2) is 59.1 Å². The number of halogens is 3. The number of anilines is 1. The first-order chi connectivity index (χ1) is 18.5. The molecule has 1 atom stereocenters. The van der Waals surface area contributed by atoms with E-state index in [1.54, 1.807) is 0 Å². The molecule has 1 N–H and O–H groups in total. The second-order valence-electron chi connectivity index (χ2n) is 10.9. The average molecular weight is 538 g/mol. The third-order valence-electron chi connectivity index (χ3n) is 6.84. The molecular formula is C29H30F3N5O2. The van der Waals surface area contributed by atoms with Crippen molar-refractivity contribution in [2.24, 2.45) is 5.41 Å². The third-order valence-corrected chi connectivity index (χ3v) is 6.84. The van der Waals surface area contributed by atoms with E-state index in [1.807, 2.05) is 51.1 Å². The van der Waals surface area contributed by atoms with Crippen molar-refractivity contribution in [2.75, 3.05) is 18.0 Å². The minimum atomic E-state index is -4.35. The van der Waals surface area contributed by atoms with Gasteiger partial charge in [0.1, 0.15) is 5.82 Å². The summed E-state index contributed by atoms with van der Waals surface area (Å²) < 4.78 is 43.6. The second-order valence-corrected chi connectivity index (χ2v) is 10.9. The standard InChI is InChI=1S/C29H30F3N5O2/c1-28(2,3)27(38)33-22-14-15-37(17-22)24-12-8-19-16-20(7-11-23(19)34-24)26-35-25(39-36-26)13-6-18-4-9-21(10-5-18)29(30,31)32/h4-5,7-12,16,22H,6,13-15,17H2,1-3H3,(H,33,38). The Kier molecular flexibility index (Phi) is 7.05. The number of hydrogen-bond acceptors (Lipinski definition) is 6. The van der Waals surface area contributed by atoms with E-state index in [1.165, 1.54) is 12.1 Å². The average Bonchev–Trinajstić information content (AvgIpc) is 3.56. The van der Waals surface area contributed by atoms with E-state index in [0.717, 1.165) is 59.5 Å². The summed E-state index contributed by atoms with van der Waals surface area (Å²) in [5, 5.41) is 8.15. The number of alkyl halides is 3. The molecule has 39 heavy (non-hydrogen) atoms. The van der Waals surface area contributed by atoms with E-state index in [2.05, 4.69) is 20.4 Å². The van der Waals surface area contributed by atoms with Gasteiger partial charge in [0.25, 0.3) is 0 Å². The van der Waals surface area contributed by atoms with Gasteiger partial charge in [-0.1, -0.05) is 38.1 Å². The molecule has 5 rings (SSSR count). The maximum absolute atomic E-state index is 12.8. The van der Waals surface area contributed by atoms with Crippen LogP contribution in [0.1, 0.15) is 44.2 Å². The van der Waals surface area contributed by atoms with Gasteiger partial charge in [-0.25, -0.2) is 4.98 Å². The minimum absolute atomic E-state index is 0.0533. The van der Waals surface area contributed by atoms with Crippen molar-refractivity contribution in [1.82, 2.24) is 20.4 Å². The van der Waals surface area contributed by atoms with Crippen LogP contribution in [0.3, 0.4) is 0 Å². The SMILES string of the molecule is CC(C)(C)C(=O)NC1CCN(c2ccc3cc(-c4noc(CCc5ccc(C(F)(F)F)cc5)n4)ccc3n2)C1. The lowest BCUT2D eigenvalue weighted by atomic mass is 9.95. The Bertz CT molecular complexity index is 1480. The number of aromatic nitrogens is 3. The van der Waals surface area contributed by atoms with Crippen molar-refractivity contribution in [3.63, 3.8) is 0 Å². The molecule has 0 bridgehead atoms. The van der Waals surface area contributed by atoms with Crippen molar-refractivity contribution in [2.45, 2.75) is 52.3 Å². The van der Waals surface area contributed by atoms with Crippen molar-refractivity contribution in [3.8, 4) is 11.4 Å². The summed E-state index contributed by atoms with van der Waals surface area (Å²) in [4.78, 5) is 23.8. The lowest BCUT2D eigenvalue weighted by molar-refractivity contribution is -0.137. The zero-order valence-electron chi connectivity index (χ0n) is 22.0. The fraction of sp³-hybridized carbons (Fsp3) is 0.379. The topological polar surface area (TPSA) is 84.2 Å². The van der Waals surface area contributed by atoms with Gasteiger partial charge in [-0.15, -0.1) is 0 Å². The molecule has 1 amide bonds. The maximum Gasteiger partial charge on any atom is 0.416 e. The molecule has 1 unspecified atom stereocenters. The summed E-state index contributed by atoms with van der Waals surface area (Å²) >= 11 is 0. The fourth-order valence-electron chi connectivity index (χ4n) is 4.50. The van der Waals surface area contributed by atoms with E-state index in [-0.39, 0.29) is 11.9 Å². The molecule has 2 aromatic heterocycles. The fourth-order valence-corrected chi connectivity index (χ4v) is 4.50. The van der Waals surface area contributed by atoms with Gasteiger partial charge in [-0.3, -0.25) is 4.79 Å². The Morgan fingerprint density at radius 1 is 1.03 bits per heavy atom. The molecular weight excluding hydrogens is 507 g/mol. The molecule has 1 aliphatic rings. The largest absolute Gasteiger partial charge is 0.416 e. The number of amides is 1. The maximum atomic E-state index is 12.8. The second kappa shape index (κ2) is 10.3. The molecule has 0 saturated carbocycles. The van der Waals surface area contributed by atoms with Gasteiger partial charge in [0.05, 0.1) is 11.1 Å². The van der Waals surface area contributed by atoms with E-state index in [9.17, 15) is 18.0 Å². The summed E-state index contributed by atoms with van der Waals surface area (Å²) in [5.41, 5.74) is 1.30. The Morgan fingerprint density at radius 2 is 1.79 bits per heavy atom. The normalized spacial score (nSPS) is 16.2. The smallest absolute Gasteiger partial charge is 0.354 e. The number of carbonyl (C=O) groups is 1. The van der Waals surface area contributed by atoms with Gasteiger partial charge in [0.15, 0.2) is 0 Å². The van der Waals surface area contributed by atoms with Gasteiger partial charge in [0, 0.05) is 41.9 Å². The highest BCUT2D eigenvalue weighted by Gasteiger charge is 2.30. The number of benzene rings is 2. The molecule has 7 nitrogen and oxygen atoms in total. The summed E-state index contributed by atoms with van der Waals surface area (Å²) in [7, 11) is 0. The Hall–Kier alpha value is -3.95. The molecule has 4 aromatic rings. The molecule has 2 aromatic carbocycles. The number of nitrogens with one attached hydrogen (secondary N) is 1. The quantitative estimate of drug-likeness (QED) is 0.333. The highest BCUT2D eigenvalue weighted by atomic mass is 19.4. The van der Waals surface area contributed by atoms with Crippen LogP contribution in [-0.2, 0) is 23.8 Å². The molecule has 1 fully saturated rings. The molecule has 10 heteroatoms. The summed E-state index contributed by atoms with van der Waals surface area (Å²) in [6, 6.07) is 14.9. The molecule has 1 aliphatic heterocycles. The van der Waals surface area contributed by atoms with Crippen molar-refractivity contribution in [3.05, 3.63) is 71.6 Å². The Labute approximate surface area is 224 Å². The van der Waals surface area contributed by atoms with Crippen molar-refractivity contribution in [1.29, 1.82) is 0 Å². The minimum Gasteiger partial charge on any atom is -0.354 e. The van der Waals surface area contributed by atoms with E-state index < -0.39 is 17.2 Å². The van der Waals surface area contributed by atoms with Gasteiger partial charge in [-0.05, 0) is 60.9 Å². The van der Waals surface area contributed by atoms with Crippen LogP contribution in [-0.4, -0.2) is 40.2 Å². The van der Waals surface area contributed by atoms with Crippen LogP contribution in [0.5, 0.6) is 0 Å². The lowest BCUT2D eigenvalue weighted by Gasteiger charge is -2.22. The van der Waals surface area contributed by atoms with Crippen LogP contribution < -0.4 is 10.2 Å². The van der Waals surface area contributed by atoms with Gasteiger partial charge < -0.3 is 14.7 Å². The predicted molar refractivity (Wildman–Crippen MR) is 142 cm³/mol.